The van der Waals surface area contributed by atoms with E-state index in [9.17, 15) is 4.79 Å². The molecule has 1 fully saturated rings. The van der Waals surface area contributed by atoms with Crippen LogP contribution < -0.4 is 10.1 Å². The minimum atomic E-state index is 0.0444. The lowest BCUT2D eigenvalue weighted by Gasteiger charge is -2.17. The predicted octanol–water partition coefficient (Wildman–Crippen LogP) is 2.10. The van der Waals surface area contributed by atoms with Gasteiger partial charge in [0.25, 0.3) is 5.91 Å². The maximum Gasteiger partial charge on any atom is 0.260 e. The van der Waals surface area contributed by atoms with E-state index >= 15 is 0 Å². The first-order valence-electron chi connectivity index (χ1n) is 6.92. The Labute approximate surface area is 125 Å². The SMILES string of the molecule is CNC[C@@H]1CCN(C(=O)COc2cccc(Cl)c2C)C1. The van der Waals surface area contributed by atoms with Crippen molar-refractivity contribution in [3.63, 3.8) is 0 Å². The van der Waals surface area contributed by atoms with Crippen LogP contribution >= 0.6 is 11.6 Å². The average Bonchev–Trinajstić information content (AvgIpc) is 2.89. The zero-order valence-corrected chi connectivity index (χ0v) is 12.7. The Bertz CT molecular complexity index is 479. The quantitative estimate of drug-likeness (QED) is 0.905. The maximum absolute atomic E-state index is 12.1. The standard InChI is InChI=1S/C15H21ClN2O2/c1-11-13(16)4-3-5-14(11)20-10-15(19)18-7-6-12(9-18)8-17-2/h3-5,12,17H,6-10H2,1-2H3/t12-/m0/s1. The van der Waals surface area contributed by atoms with Crippen LogP contribution in [-0.2, 0) is 4.79 Å². The molecule has 1 saturated heterocycles. The van der Waals surface area contributed by atoms with Gasteiger partial charge in [0.1, 0.15) is 5.75 Å². The minimum absolute atomic E-state index is 0.0444. The van der Waals surface area contributed by atoms with Gasteiger partial charge in [-0.15, -0.1) is 0 Å². The van der Waals surface area contributed by atoms with Crippen LogP contribution in [0, 0.1) is 12.8 Å². The molecule has 0 unspecified atom stereocenters. The van der Waals surface area contributed by atoms with Gasteiger partial charge in [-0.3, -0.25) is 4.79 Å². The summed E-state index contributed by atoms with van der Waals surface area (Å²) in [6.45, 7) is 4.56. The number of carbonyl (C=O) groups is 1. The van der Waals surface area contributed by atoms with Crippen molar-refractivity contribution in [1.29, 1.82) is 0 Å². The number of amides is 1. The van der Waals surface area contributed by atoms with Crippen molar-refractivity contribution < 1.29 is 9.53 Å². The highest BCUT2D eigenvalue weighted by Crippen LogP contribution is 2.25. The summed E-state index contributed by atoms with van der Waals surface area (Å²) in [5.74, 6) is 1.27. The second kappa shape index (κ2) is 6.95. The van der Waals surface area contributed by atoms with Gasteiger partial charge in [0.05, 0.1) is 0 Å². The summed E-state index contributed by atoms with van der Waals surface area (Å²) in [7, 11) is 1.94. The van der Waals surface area contributed by atoms with Crippen LogP contribution in [0.2, 0.25) is 5.02 Å². The second-order valence-corrected chi connectivity index (χ2v) is 5.61. The topological polar surface area (TPSA) is 41.6 Å². The zero-order valence-electron chi connectivity index (χ0n) is 12.0. The van der Waals surface area contributed by atoms with E-state index < -0.39 is 0 Å². The third-order valence-corrected chi connectivity index (χ3v) is 4.11. The molecule has 110 valence electrons. The molecule has 0 aromatic heterocycles. The molecule has 1 aliphatic rings. The molecule has 5 heteroatoms. The highest BCUT2D eigenvalue weighted by atomic mass is 35.5. The molecular weight excluding hydrogens is 276 g/mol. The molecule has 0 aliphatic carbocycles. The van der Waals surface area contributed by atoms with E-state index in [0.717, 1.165) is 31.6 Å². The van der Waals surface area contributed by atoms with Gasteiger partial charge < -0.3 is 15.0 Å². The minimum Gasteiger partial charge on any atom is -0.483 e. The Kier molecular flexibility index (Phi) is 5.26. The number of rotatable bonds is 5. The molecule has 1 atom stereocenters. The van der Waals surface area contributed by atoms with Gasteiger partial charge in [-0.2, -0.15) is 0 Å². The first kappa shape index (κ1) is 15.1. The van der Waals surface area contributed by atoms with Crippen LogP contribution in [0.3, 0.4) is 0 Å². The first-order valence-corrected chi connectivity index (χ1v) is 7.30. The molecule has 1 aliphatic heterocycles. The fourth-order valence-electron chi connectivity index (χ4n) is 2.49. The largest absolute Gasteiger partial charge is 0.483 e. The van der Waals surface area contributed by atoms with Crippen LogP contribution in [0.15, 0.2) is 18.2 Å². The molecule has 20 heavy (non-hydrogen) atoms. The van der Waals surface area contributed by atoms with E-state index in [0.29, 0.717) is 16.7 Å². The molecule has 1 aromatic carbocycles. The van der Waals surface area contributed by atoms with Gasteiger partial charge in [-0.25, -0.2) is 0 Å². The van der Waals surface area contributed by atoms with Gasteiger partial charge in [-0.1, -0.05) is 17.7 Å². The predicted molar refractivity (Wildman–Crippen MR) is 80.3 cm³/mol. The van der Waals surface area contributed by atoms with E-state index in [1.807, 2.05) is 37.1 Å². The Morgan fingerprint density at radius 2 is 2.35 bits per heavy atom. The summed E-state index contributed by atoms with van der Waals surface area (Å²) in [4.78, 5) is 14.0. The number of ether oxygens (including phenoxy) is 1. The number of hydrogen-bond donors (Lipinski definition) is 1. The number of benzene rings is 1. The monoisotopic (exact) mass is 296 g/mol. The number of carbonyl (C=O) groups excluding carboxylic acids is 1. The summed E-state index contributed by atoms with van der Waals surface area (Å²) in [5.41, 5.74) is 0.872. The van der Waals surface area contributed by atoms with Crippen LogP contribution in [0.1, 0.15) is 12.0 Å². The van der Waals surface area contributed by atoms with E-state index in [1.54, 1.807) is 0 Å². The number of hydrogen-bond acceptors (Lipinski definition) is 3. The smallest absolute Gasteiger partial charge is 0.260 e. The maximum atomic E-state index is 12.1. The molecular formula is C15H21ClN2O2. The molecule has 1 aromatic rings. The lowest BCUT2D eigenvalue weighted by Crippen LogP contribution is -2.34. The highest BCUT2D eigenvalue weighted by molar-refractivity contribution is 6.31. The molecule has 1 N–H and O–H groups in total. The third kappa shape index (κ3) is 3.64. The molecule has 2 rings (SSSR count). The van der Waals surface area contributed by atoms with Crippen molar-refractivity contribution >= 4 is 17.5 Å². The highest BCUT2D eigenvalue weighted by Gasteiger charge is 2.25. The van der Waals surface area contributed by atoms with Crippen molar-refractivity contribution in [3.05, 3.63) is 28.8 Å². The molecule has 4 nitrogen and oxygen atoms in total. The Morgan fingerprint density at radius 3 is 3.10 bits per heavy atom. The molecule has 0 radical (unpaired) electrons. The van der Waals surface area contributed by atoms with Gasteiger partial charge in [0.2, 0.25) is 0 Å². The van der Waals surface area contributed by atoms with Gasteiger partial charge in [0, 0.05) is 23.7 Å². The average molecular weight is 297 g/mol. The molecule has 0 spiro atoms. The first-order chi connectivity index (χ1) is 9.61. The Balaban J connectivity index is 1.85. The molecule has 0 saturated carbocycles. The summed E-state index contributed by atoms with van der Waals surface area (Å²) in [6.07, 6.45) is 1.06. The van der Waals surface area contributed by atoms with E-state index in [2.05, 4.69) is 5.32 Å². The number of halogens is 1. The summed E-state index contributed by atoms with van der Waals surface area (Å²) >= 11 is 6.03. The third-order valence-electron chi connectivity index (χ3n) is 3.70. The van der Waals surface area contributed by atoms with Crippen LogP contribution in [-0.4, -0.2) is 44.1 Å². The van der Waals surface area contributed by atoms with Crippen molar-refractivity contribution in [2.45, 2.75) is 13.3 Å². The summed E-state index contributed by atoms with van der Waals surface area (Å²) in [6, 6.07) is 5.48. The normalized spacial score (nSPS) is 18.4. The second-order valence-electron chi connectivity index (χ2n) is 5.20. The van der Waals surface area contributed by atoms with Crippen LogP contribution in [0.5, 0.6) is 5.75 Å². The fraction of sp³-hybridized carbons (Fsp3) is 0.533. The zero-order chi connectivity index (χ0) is 14.5. The fourth-order valence-corrected chi connectivity index (χ4v) is 2.66. The van der Waals surface area contributed by atoms with Gasteiger partial charge >= 0.3 is 0 Å². The number of nitrogens with zero attached hydrogens (tertiary/aromatic N) is 1. The molecule has 0 bridgehead atoms. The van der Waals surface area contributed by atoms with E-state index in [1.165, 1.54) is 0 Å². The van der Waals surface area contributed by atoms with E-state index in [4.69, 9.17) is 16.3 Å². The lowest BCUT2D eigenvalue weighted by atomic mass is 10.1. The van der Waals surface area contributed by atoms with Gasteiger partial charge in [0.15, 0.2) is 6.61 Å². The summed E-state index contributed by atoms with van der Waals surface area (Å²) < 4.78 is 5.60. The molecule has 1 heterocycles. The van der Waals surface area contributed by atoms with Crippen molar-refractivity contribution in [2.24, 2.45) is 5.92 Å². The van der Waals surface area contributed by atoms with Crippen molar-refractivity contribution in [2.75, 3.05) is 33.3 Å². The Morgan fingerprint density at radius 1 is 1.55 bits per heavy atom. The van der Waals surface area contributed by atoms with E-state index in [-0.39, 0.29) is 12.5 Å². The van der Waals surface area contributed by atoms with Crippen LogP contribution in [0.25, 0.3) is 0 Å². The number of likely N-dealkylation sites (tertiary alicyclic amines) is 1. The number of nitrogens with one attached hydrogen (secondary N) is 1. The molecule has 1 amide bonds. The van der Waals surface area contributed by atoms with Crippen molar-refractivity contribution in [3.8, 4) is 5.75 Å². The van der Waals surface area contributed by atoms with Crippen molar-refractivity contribution in [1.82, 2.24) is 10.2 Å². The Hall–Kier alpha value is -1.26. The van der Waals surface area contributed by atoms with Gasteiger partial charge in [-0.05, 0) is 45.0 Å². The lowest BCUT2D eigenvalue weighted by molar-refractivity contribution is -0.132. The van der Waals surface area contributed by atoms with Crippen LogP contribution in [0.4, 0.5) is 0 Å². The summed E-state index contributed by atoms with van der Waals surface area (Å²) in [5, 5.41) is 3.81.